The Kier molecular flexibility index (Phi) is 5.29. The SMILES string of the molecule is CC(C)n1nc(N2CC3(CC(O)C3)C2)c2cnc(Nc3ccnc(N4CC[C@H](O)[C@H](F)C4)n3)cc21. The lowest BCUT2D eigenvalue weighted by atomic mass is 9.62. The number of aliphatic hydroxyl groups excluding tert-OH is 2. The van der Waals surface area contributed by atoms with E-state index in [1.54, 1.807) is 17.2 Å². The fraction of sp³-hybridized carbons (Fsp3) is 0.583. The lowest BCUT2D eigenvalue weighted by Crippen LogP contribution is -2.64. The molecule has 2 atom stereocenters. The molecule has 3 aliphatic rings. The summed E-state index contributed by atoms with van der Waals surface area (Å²) in [6.07, 6.45) is 3.19. The molecule has 10 nitrogen and oxygen atoms in total. The maximum absolute atomic E-state index is 14.0. The first-order valence-corrected chi connectivity index (χ1v) is 12.3. The van der Waals surface area contributed by atoms with Gasteiger partial charge in [0.2, 0.25) is 5.95 Å². The molecule has 5 heterocycles. The molecule has 1 spiro atoms. The van der Waals surface area contributed by atoms with E-state index in [9.17, 15) is 14.6 Å². The monoisotopic (exact) mass is 482 g/mol. The van der Waals surface area contributed by atoms with Gasteiger partial charge in [-0.1, -0.05) is 0 Å². The van der Waals surface area contributed by atoms with Crippen molar-refractivity contribution in [2.24, 2.45) is 5.41 Å². The second-order valence-electron chi connectivity index (χ2n) is 10.6. The topological polar surface area (TPSA) is 115 Å². The van der Waals surface area contributed by atoms with Crippen LogP contribution in [0.3, 0.4) is 0 Å². The first-order chi connectivity index (χ1) is 16.8. The zero-order valence-corrected chi connectivity index (χ0v) is 20.0. The second-order valence-corrected chi connectivity index (χ2v) is 10.6. The van der Waals surface area contributed by atoms with Crippen molar-refractivity contribution in [2.75, 3.05) is 41.3 Å². The zero-order chi connectivity index (χ0) is 24.3. The molecule has 11 heteroatoms. The number of nitrogens with one attached hydrogen (secondary N) is 1. The van der Waals surface area contributed by atoms with Gasteiger partial charge in [-0.3, -0.25) is 4.68 Å². The van der Waals surface area contributed by atoms with Crippen LogP contribution in [0.4, 0.5) is 27.8 Å². The molecule has 0 unspecified atom stereocenters. The number of nitrogens with zero attached hydrogens (tertiary/aromatic N) is 7. The maximum Gasteiger partial charge on any atom is 0.227 e. The Morgan fingerprint density at radius 1 is 1.14 bits per heavy atom. The fourth-order valence-electron chi connectivity index (χ4n) is 5.60. The molecule has 1 saturated carbocycles. The molecule has 0 radical (unpaired) electrons. The molecule has 6 rings (SSSR count). The molecule has 186 valence electrons. The van der Waals surface area contributed by atoms with Crippen LogP contribution in [0.25, 0.3) is 10.9 Å². The predicted octanol–water partition coefficient (Wildman–Crippen LogP) is 2.42. The number of rotatable bonds is 5. The highest BCUT2D eigenvalue weighted by atomic mass is 19.1. The van der Waals surface area contributed by atoms with Crippen molar-refractivity contribution in [1.29, 1.82) is 0 Å². The van der Waals surface area contributed by atoms with Gasteiger partial charge in [-0.25, -0.2) is 14.4 Å². The van der Waals surface area contributed by atoms with Gasteiger partial charge < -0.3 is 25.3 Å². The van der Waals surface area contributed by atoms with E-state index in [-0.39, 0.29) is 24.1 Å². The third-order valence-electron chi connectivity index (χ3n) is 7.44. The van der Waals surface area contributed by atoms with E-state index in [1.165, 1.54) is 0 Å². The molecule has 3 N–H and O–H groups in total. The van der Waals surface area contributed by atoms with Crippen LogP contribution in [0.2, 0.25) is 0 Å². The van der Waals surface area contributed by atoms with Crippen molar-refractivity contribution >= 4 is 34.3 Å². The van der Waals surface area contributed by atoms with E-state index in [2.05, 4.69) is 39.0 Å². The summed E-state index contributed by atoms with van der Waals surface area (Å²) >= 11 is 0. The van der Waals surface area contributed by atoms with Crippen LogP contribution in [-0.2, 0) is 0 Å². The first-order valence-electron chi connectivity index (χ1n) is 12.3. The van der Waals surface area contributed by atoms with E-state index in [0.717, 1.165) is 42.7 Å². The van der Waals surface area contributed by atoms with Crippen molar-refractivity contribution < 1.29 is 14.6 Å². The van der Waals surface area contributed by atoms with Gasteiger partial charge in [0.05, 0.1) is 29.7 Å². The molecule has 35 heavy (non-hydrogen) atoms. The zero-order valence-electron chi connectivity index (χ0n) is 20.0. The van der Waals surface area contributed by atoms with Crippen LogP contribution in [0, 0.1) is 5.41 Å². The van der Waals surface area contributed by atoms with Gasteiger partial charge >= 0.3 is 0 Å². The van der Waals surface area contributed by atoms with E-state index in [0.29, 0.717) is 30.5 Å². The molecular weight excluding hydrogens is 451 g/mol. The van der Waals surface area contributed by atoms with Gasteiger partial charge in [-0.2, -0.15) is 10.1 Å². The van der Waals surface area contributed by atoms with Crippen LogP contribution < -0.4 is 15.1 Å². The number of hydrogen-bond acceptors (Lipinski definition) is 9. The lowest BCUT2D eigenvalue weighted by molar-refractivity contribution is -0.0493. The van der Waals surface area contributed by atoms with Crippen LogP contribution >= 0.6 is 0 Å². The molecular formula is C24H31FN8O2. The molecule has 3 fully saturated rings. The van der Waals surface area contributed by atoms with E-state index >= 15 is 0 Å². The van der Waals surface area contributed by atoms with Gasteiger partial charge in [-0.05, 0) is 39.2 Å². The third-order valence-corrected chi connectivity index (χ3v) is 7.44. The van der Waals surface area contributed by atoms with E-state index < -0.39 is 12.3 Å². The summed E-state index contributed by atoms with van der Waals surface area (Å²) in [4.78, 5) is 17.5. The Morgan fingerprint density at radius 3 is 2.66 bits per heavy atom. The smallest absolute Gasteiger partial charge is 0.227 e. The van der Waals surface area contributed by atoms with Crippen LogP contribution in [0.5, 0.6) is 0 Å². The largest absolute Gasteiger partial charge is 0.393 e. The number of alkyl halides is 1. The number of halogens is 1. The Hall–Kier alpha value is -3.05. The number of aromatic nitrogens is 5. The van der Waals surface area contributed by atoms with Crippen molar-refractivity contribution in [1.82, 2.24) is 24.7 Å². The summed E-state index contributed by atoms with van der Waals surface area (Å²) in [5.41, 5.74) is 1.24. The molecule has 2 aliphatic heterocycles. The minimum atomic E-state index is -1.31. The van der Waals surface area contributed by atoms with Crippen LogP contribution in [0.1, 0.15) is 39.2 Å². The number of hydrogen-bond donors (Lipinski definition) is 3. The normalized spacial score (nSPS) is 24.2. The number of fused-ring (bicyclic) bond motifs is 1. The Labute approximate surface area is 202 Å². The quantitative estimate of drug-likeness (QED) is 0.504. The molecule has 0 amide bonds. The van der Waals surface area contributed by atoms with Crippen LogP contribution in [0.15, 0.2) is 24.5 Å². The number of pyridine rings is 1. The van der Waals surface area contributed by atoms with Crippen molar-refractivity contribution in [3.63, 3.8) is 0 Å². The number of aliphatic hydroxyl groups is 2. The standard InChI is InChI=1S/C24H31FN8O2/c1-14(2)33-18-7-21(27-10-16(18)22(30-33)32-12-24(13-32)8-15(34)9-24)28-20-3-5-26-23(29-20)31-6-4-19(35)17(25)11-31/h3,5,7,10,14-15,17,19,34-35H,4,6,8-9,11-13H2,1-2H3,(H,26,27,28,29)/t17-,19+/m1/s1. The Balaban J connectivity index is 1.23. The van der Waals surface area contributed by atoms with E-state index in [1.807, 2.05) is 16.9 Å². The summed E-state index contributed by atoms with van der Waals surface area (Å²) in [5.74, 6) is 2.56. The lowest BCUT2D eigenvalue weighted by Gasteiger charge is -2.58. The highest BCUT2D eigenvalue weighted by Crippen LogP contribution is 2.50. The maximum atomic E-state index is 14.0. The van der Waals surface area contributed by atoms with Crippen molar-refractivity contribution in [3.05, 3.63) is 24.5 Å². The summed E-state index contributed by atoms with van der Waals surface area (Å²) in [5, 5.41) is 28.6. The van der Waals surface area contributed by atoms with Crippen molar-refractivity contribution in [3.8, 4) is 0 Å². The summed E-state index contributed by atoms with van der Waals surface area (Å²) in [6, 6.07) is 3.90. The number of anilines is 4. The highest BCUT2D eigenvalue weighted by Gasteiger charge is 2.52. The fourth-order valence-corrected chi connectivity index (χ4v) is 5.60. The molecule has 3 aromatic rings. The molecule has 3 aromatic heterocycles. The highest BCUT2D eigenvalue weighted by molar-refractivity contribution is 5.92. The minimum Gasteiger partial charge on any atom is -0.393 e. The average molecular weight is 483 g/mol. The van der Waals surface area contributed by atoms with Gasteiger partial charge in [0.25, 0.3) is 0 Å². The summed E-state index contributed by atoms with van der Waals surface area (Å²) in [6.45, 7) is 6.63. The second kappa shape index (κ2) is 8.27. The van der Waals surface area contributed by atoms with Gasteiger partial charge in [-0.15, -0.1) is 0 Å². The third kappa shape index (κ3) is 3.96. The van der Waals surface area contributed by atoms with Gasteiger partial charge in [0.15, 0.2) is 5.82 Å². The molecule has 0 bridgehead atoms. The van der Waals surface area contributed by atoms with E-state index in [4.69, 9.17) is 5.10 Å². The Bertz CT molecular complexity index is 1240. The average Bonchev–Trinajstić information content (AvgIpc) is 3.16. The van der Waals surface area contributed by atoms with Crippen LogP contribution in [-0.4, -0.2) is 79.5 Å². The first kappa shape index (κ1) is 22.4. The molecule has 1 aliphatic carbocycles. The predicted molar refractivity (Wildman–Crippen MR) is 131 cm³/mol. The molecule has 0 aromatic carbocycles. The summed E-state index contributed by atoms with van der Waals surface area (Å²) in [7, 11) is 0. The summed E-state index contributed by atoms with van der Waals surface area (Å²) < 4.78 is 16.0. The Morgan fingerprint density at radius 2 is 1.94 bits per heavy atom. The number of piperidine rings is 1. The van der Waals surface area contributed by atoms with Gasteiger partial charge in [0, 0.05) is 49.6 Å². The van der Waals surface area contributed by atoms with Crippen molar-refractivity contribution in [2.45, 2.75) is 57.5 Å². The molecule has 2 saturated heterocycles. The van der Waals surface area contributed by atoms with Gasteiger partial charge in [0.1, 0.15) is 17.8 Å². The minimum absolute atomic E-state index is 0.0714.